The second kappa shape index (κ2) is 3.38. The molecule has 2 heterocycles. The third-order valence-corrected chi connectivity index (χ3v) is 2.33. The summed E-state index contributed by atoms with van der Waals surface area (Å²) in [6.07, 6.45) is 2.59. The minimum absolute atomic E-state index is 0.307. The fraction of sp³-hybridized carbons (Fsp3) is 0.667. The minimum Gasteiger partial charge on any atom is -0.384 e. The number of nitrogens with two attached hydrogens (primary N) is 1. The van der Waals surface area contributed by atoms with E-state index in [1.54, 1.807) is 0 Å². The summed E-state index contributed by atoms with van der Waals surface area (Å²) in [4.78, 5) is 0. The largest absolute Gasteiger partial charge is 0.384 e. The lowest BCUT2D eigenvalue weighted by Crippen LogP contribution is -2.17. The summed E-state index contributed by atoms with van der Waals surface area (Å²) in [6.45, 7) is 3.62. The zero-order valence-electron chi connectivity index (χ0n) is 7.86. The van der Waals surface area contributed by atoms with Gasteiger partial charge in [0.1, 0.15) is 5.82 Å². The van der Waals surface area contributed by atoms with Crippen LogP contribution >= 0.6 is 0 Å². The number of nitrogen functional groups attached to an aromatic ring is 1. The predicted molar refractivity (Wildman–Crippen MR) is 50.4 cm³/mol. The highest BCUT2D eigenvalue weighted by Gasteiger charge is 2.17. The summed E-state index contributed by atoms with van der Waals surface area (Å²) in [7, 11) is 0. The number of hydrogen-bond donors (Lipinski definition) is 1. The third kappa shape index (κ3) is 1.83. The molecule has 0 spiro atoms. The molecule has 1 aliphatic rings. The Kier molecular flexibility index (Phi) is 2.22. The Labute approximate surface area is 77.7 Å². The summed E-state index contributed by atoms with van der Waals surface area (Å²) in [5, 5.41) is 4.29. The molecule has 0 amide bonds. The van der Waals surface area contributed by atoms with E-state index in [2.05, 4.69) is 5.10 Å². The molecule has 1 unspecified atom stereocenters. The van der Waals surface area contributed by atoms with E-state index in [1.807, 2.05) is 17.7 Å². The summed E-state index contributed by atoms with van der Waals surface area (Å²) >= 11 is 0. The minimum atomic E-state index is 0.307. The highest BCUT2D eigenvalue weighted by molar-refractivity contribution is 5.30. The van der Waals surface area contributed by atoms with Crippen molar-refractivity contribution in [2.24, 2.45) is 0 Å². The van der Waals surface area contributed by atoms with Crippen molar-refractivity contribution in [3.8, 4) is 0 Å². The Balaban J connectivity index is 2.03. The van der Waals surface area contributed by atoms with Crippen LogP contribution in [0.2, 0.25) is 0 Å². The molecular weight excluding hydrogens is 166 g/mol. The lowest BCUT2D eigenvalue weighted by Gasteiger charge is -2.10. The number of aryl methyl sites for hydroxylation is 1. The first-order valence-electron chi connectivity index (χ1n) is 4.67. The Morgan fingerprint density at radius 1 is 1.77 bits per heavy atom. The molecule has 0 radical (unpaired) electrons. The molecule has 1 aromatic heterocycles. The summed E-state index contributed by atoms with van der Waals surface area (Å²) < 4.78 is 7.33. The van der Waals surface area contributed by atoms with Gasteiger partial charge in [-0.15, -0.1) is 0 Å². The summed E-state index contributed by atoms with van der Waals surface area (Å²) in [6, 6.07) is 1.88. The average molecular weight is 181 g/mol. The fourth-order valence-electron chi connectivity index (χ4n) is 1.69. The number of anilines is 1. The molecule has 4 nitrogen and oxygen atoms in total. The molecule has 0 aromatic carbocycles. The Hall–Kier alpha value is -1.03. The molecule has 4 heteroatoms. The Morgan fingerprint density at radius 3 is 3.15 bits per heavy atom. The molecule has 0 bridgehead atoms. The van der Waals surface area contributed by atoms with Crippen LogP contribution in [0.25, 0.3) is 0 Å². The molecule has 1 aliphatic heterocycles. The molecule has 0 saturated carbocycles. The van der Waals surface area contributed by atoms with Crippen molar-refractivity contribution >= 4 is 5.82 Å². The van der Waals surface area contributed by atoms with Crippen molar-refractivity contribution < 1.29 is 4.74 Å². The Morgan fingerprint density at radius 2 is 2.62 bits per heavy atom. The molecule has 2 rings (SSSR count). The van der Waals surface area contributed by atoms with Gasteiger partial charge in [-0.1, -0.05) is 0 Å². The molecule has 1 aromatic rings. The van der Waals surface area contributed by atoms with E-state index in [0.717, 1.165) is 37.5 Å². The van der Waals surface area contributed by atoms with Crippen LogP contribution in [-0.2, 0) is 11.3 Å². The van der Waals surface area contributed by atoms with Gasteiger partial charge in [-0.3, -0.25) is 0 Å². The molecule has 1 fully saturated rings. The molecule has 72 valence electrons. The van der Waals surface area contributed by atoms with Crippen LogP contribution in [0.15, 0.2) is 6.07 Å². The van der Waals surface area contributed by atoms with Crippen LogP contribution in [0.1, 0.15) is 18.5 Å². The Bertz CT molecular complexity index is 289. The number of rotatable bonds is 2. The normalized spacial score (nSPS) is 22.4. The SMILES string of the molecule is Cc1cc(N)n(CC2CCCO2)n1. The van der Waals surface area contributed by atoms with Crippen LogP contribution in [0, 0.1) is 6.92 Å². The average Bonchev–Trinajstić information content (AvgIpc) is 2.63. The van der Waals surface area contributed by atoms with E-state index in [-0.39, 0.29) is 0 Å². The quantitative estimate of drug-likeness (QED) is 0.739. The van der Waals surface area contributed by atoms with Gasteiger partial charge in [0.25, 0.3) is 0 Å². The molecule has 1 saturated heterocycles. The van der Waals surface area contributed by atoms with E-state index < -0.39 is 0 Å². The predicted octanol–water partition coefficient (Wildman–Crippen LogP) is 0.953. The van der Waals surface area contributed by atoms with Gasteiger partial charge in [-0.2, -0.15) is 5.10 Å². The number of ether oxygens (including phenoxy) is 1. The standard InChI is InChI=1S/C9H15N3O/c1-7-5-9(10)12(11-7)6-8-3-2-4-13-8/h5,8H,2-4,6,10H2,1H3. The van der Waals surface area contributed by atoms with Gasteiger partial charge in [0.05, 0.1) is 18.3 Å². The number of aromatic nitrogens is 2. The first-order valence-corrected chi connectivity index (χ1v) is 4.67. The monoisotopic (exact) mass is 181 g/mol. The first kappa shape index (κ1) is 8.56. The van der Waals surface area contributed by atoms with Gasteiger partial charge in [0, 0.05) is 12.7 Å². The molecule has 0 aliphatic carbocycles. The van der Waals surface area contributed by atoms with Gasteiger partial charge >= 0.3 is 0 Å². The molecule has 1 atom stereocenters. The third-order valence-electron chi connectivity index (χ3n) is 2.33. The van der Waals surface area contributed by atoms with Gasteiger partial charge in [-0.25, -0.2) is 4.68 Å². The van der Waals surface area contributed by atoms with Crippen LogP contribution in [-0.4, -0.2) is 22.5 Å². The van der Waals surface area contributed by atoms with Gasteiger partial charge in [-0.05, 0) is 19.8 Å². The maximum absolute atomic E-state index is 5.76. The smallest absolute Gasteiger partial charge is 0.122 e. The maximum atomic E-state index is 5.76. The van der Waals surface area contributed by atoms with E-state index >= 15 is 0 Å². The molecule has 13 heavy (non-hydrogen) atoms. The van der Waals surface area contributed by atoms with Crippen molar-refractivity contribution in [1.29, 1.82) is 0 Å². The maximum Gasteiger partial charge on any atom is 0.122 e. The summed E-state index contributed by atoms with van der Waals surface area (Å²) in [5.41, 5.74) is 6.73. The topological polar surface area (TPSA) is 53.1 Å². The fourth-order valence-corrected chi connectivity index (χ4v) is 1.69. The summed E-state index contributed by atoms with van der Waals surface area (Å²) in [5.74, 6) is 0.730. The van der Waals surface area contributed by atoms with Crippen LogP contribution < -0.4 is 5.73 Å². The lowest BCUT2D eigenvalue weighted by atomic mass is 10.2. The molecule has 2 N–H and O–H groups in total. The number of hydrogen-bond acceptors (Lipinski definition) is 3. The highest BCUT2D eigenvalue weighted by Crippen LogP contribution is 2.15. The van der Waals surface area contributed by atoms with E-state index in [9.17, 15) is 0 Å². The van der Waals surface area contributed by atoms with Crippen molar-refractivity contribution in [3.63, 3.8) is 0 Å². The van der Waals surface area contributed by atoms with Crippen molar-refractivity contribution in [2.45, 2.75) is 32.4 Å². The van der Waals surface area contributed by atoms with Crippen molar-refractivity contribution in [1.82, 2.24) is 9.78 Å². The van der Waals surface area contributed by atoms with E-state index in [1.165, 1.54) is 0 Å². The second-order valence-electron chi connectivity index (χ2n) is 3.53. The van der Waals surface area contributed by atoms with Crippen LogP contribution in [0.4, 0.5) is 5.82 Å². The van der Waals surface area contributed by atoms with Crippen LogP contribution in [0.5, 0.6) is 0 Å². The van der Waals surface area contributed by atoms with Crippen molar-refractivity contribution in [3.05, 3.63) is 11.8 Å². The second-order valence-corrected chi connectivity index (χ2v) is 3.53. The zero-order valence-corrected chi connectivity index (χ0v) is 7.86. The molecular formula is C9H15N3O. The van der Waals surface area contributed by atoms with E-state index in [0.29, 0.717) is 6.10 Å². The van der Waals surface area contributed by atoms with Crippen molar-refractivity contribution in [2.75, 3.05) is 12.3 Å². The van der Waals surface area contributed by atoms with Gasteiger partial charge in [0.15, 0.2) is 0 Å². The lowest BCUT2D eigenvalue weighted by molar-refractivity contribution is 0.0945. The zero-order chi connectivity index (χ0) is 9.26. The van der Waals surface area contributed by atoms with E-state index in [4.69, 9.17) is 10.5 Å². The number of nitrogens with zero attached hydrogens (tertiary/aromatic N) is 2. The van der Waals surface area contributed by atoms with Gasteiger partial charge < -0.3 is 10.5 Å². The van der Waals surface area contributed by atoms with Gasteiger partial charge in [0.2, 0.25) is 0 Å². The highest BCUT2D eigenvalue weighted by atomic mass is 16.5. The first-order chi connectivity index (χ1) is 6.25. The van der Waals surface area contributed by atoms with Crippen LogP contribution in [0.3, 0.4) is 0 Å².